The number of anilines is 1. The quantitative estimate of drug-likeness (QED) is 0.887. The van der Waals surface area contributed by atoms with E-state index in [1.54, 1.807) is 24.3 Å². The molecule has 2 aromatic rings. The smallest absolute Gasteiger partial charge is 0.252 e. The Morgan fingerprint density at radius 1 is 1.14 bits per heavy atom. The van der Waals surface area contributed by atoms with Crippen LogP contribution in [-0.4, -0.2) is 13.0 Å². The summed E-state index contributed by atoms with van der Waals surface area (Å²) in [6.07, 6.45) is 0. The van der Waals surface area contributed by atoms with Crippen LogP contribution >= 0.6 is 23.2 Å². The third kappa shape index (κ3) is 3.86. The number of rotatable bonds is 4. The molecule has 6 heteroatoms. The molecule has 0 unspecified atom stereocenters. The summed E-state index contributed by atoms with van der Waals surface area (Å²) in [5, 5.41) is 6.37. The van der Waals surface area contributed by atoms with Crippen molar-refractivity contribution in [2.45, 2.75) is 6.54 Å². The van der Waals surface area contributed by atoms with Crippen LogP contribution in [0.4, 0.5) is 10.1 Å². The van der Waals surface area contributed by atoms with E-state index in [0.717, 1.165) is 11.3 Å². The van der Waals surface area contributed by atoms with Crippen LogP contribution in [-0.2, 0) is 6.54 Å². The minimum absolute atomic E-state index is 0.261. The number of carbonyl (C=O) groups is 1. The lowest BCUT2D eigenvalue weighted by Crippen LogP contribution is -2.18. The molecule has 0 aromatic heterocycles. The van der Waals surface area contributed by atoms with E-state index in [9.17, 15) is 9.18 Å². The van der Waals surface area contributed by atoms with E-state index in [2.05, 4.69) is 10.6 Å². The van der Waals surface area contributed by atoms with Gasteiger partial charge in [0.2, 0.25) is 0 Å². The molecule has 0 aliphatic rings. The summed E-state index contributed by atoms with van der Waals surface area (Å²) in [6.45, 7) is 0.411. The molecule has 0 atom stereocenters. The molecule has 0 aliphatic carbocycles. The van der Waals surface area contributed by atoms with Crippen LogP contribution in [0.25, 0.3) is 0 Å². The molecule has 0 radical (unpaired) electrons. The fourth-order valence-electron chi connectivity index (χ4n) is 1.81. The van der Waals surface area contributed by atoms with E-state index < -0.39 is 0 Å². The summed E-state index contributed by atoms with van der Waals surface area (Å²) in [5.74, 6) is -0.638. The number of benzene rings is 2. The minimum Gasteiger partial charge on any atom is -0.381 e. The van der Waals surface area contributed by atoms with Crippen LogP contribution in [0.15, 0.2) is 36.4 Å². The fourth-order valence-corrected chi connectivity index (χ4v) is 2.24. The second kappa shape index (κ2) is 6.78. The lowest BCUT2D eigenvalue weighted by molar-refractivity contribution is 0.0963. The first-order chi connectivity index (χ1) is 10.0. The van der Waals surface area contributed by atoms with Gasteiger partial charge >= 0.3 is 0 Å². The summed E-state index contributed by atoms with van der Waals surface area (Å²) in [5.41, 5.74) is 1.86. The molecular formula is C15H13Cl2FN2O. The van der Waals surface area contributed by atoms with Gasteiger partial charge in [0.25, 0.3) is 5.91 Å². The van der Waals surface area contributed by atoms with Crippen molar-refractivity contribution in [2.75, 3.05) is 12.4 Å². The summed E-state index contributed by atoms with van der Waals surface area (Å²) < 4.78 is 13.0. The zero-order valence-corrected chi connectivity index (χ0v) is 12.7. The molecule has 3 nitrogen and oxygen atoms in total. The van der Waals surface area contributed by atoms with Crippen molar-refractivity contribution in [2.24, 2.45) is 0 Å². The first-order valence-electron chi connectivity index (χ1n) is 6.20. The molecule has 0 bridgehead atoms. The van der Waals surface area contributed by atoms with E-state index in [0.29, 0.717) is 22.2 Å². The van der Waals surface area contributed by atoms with E-state index in [4.69, 9.17) is 23.2 Å². The second-order valence-electron chi connectivity index (χ2n) is 4.36. The lowest BCUT2D eigenvalue weighted by Gasteiger charge is -2.10. The second-order valence-corrected chi connectivity index (χ2v) is 5.18. The predicted octanol–water partition coefficient (Wildman–Crippen LogP) is 4.10. The van der Waals surface area contributed by atoms with Crippen molar-refractivity contribution < 1.29 is 9.18 Å². The topological polar surface area (TPSA) is 41.1 Å². The standard InChI is InChI=1S/C15H13Cl2FN2O/c1-19-15(21)12-7-11(4-5-13(12)16)20-8-9-2-3-10(18)6-14(9)17/h2-7,20H,8H2,1H3,(H,19,21). The Labute approximate surface area is 132 Å². The Balaban J connectivity index is 2.15. The van der Waals surface area contributed by atoms with Crippen LogP contribution < -0.4 is 10.6 Å². The molecule has 1 amide bonds. The van der Waals surface area contributed by atoms with Crippen molar-refractivity contribution in [3.8, 4) is 0 Å². The third-order valence-corrected chi connectivity index (χ3v) is 3.62. The van der Waals surface area contributed by atoms with E-state index in [1.807, 2.05) is 0 Å². The average Bonchev–Trinajstić information content (AvgIpc) is 2.47. The summed E-state index contributed by atoms with van der Waals surface area (Å²) in [4.78, 5) is 11.7. The number of hydrogen-bond acceptors (Lipinski definition) is 2. The van der Waals surface area contributed by atoms with Gasteiger partial charge in [-0.3, -0.25) is 4.79 Å². The van der Waals surface area contributed by atoms with Crippen LogP contribution in [0, 0.1) is 5.82 Å². The molecule has 110 valence electrons. The average molecular weight is 327 g/mol. The van der Waals surface area contributed by atoms with Crippen LogP contribution in [0.1, 0.15) is 15.9 Å². The van der Waals surface area contributed by atoms with Crippen molar-refractivity contribution >= 4 is 34.8 Å². The minimum atomic E-state index is -0.378. The largest absolute Gasteiger partial charge is 0.381 e. The Kier molecular flexibility index (Phi) is 5.04. The van der Waals surface area contributed by atoms with Crippen molar-refractivity contribution in [3.63, 3.8) is 0 Å². The van der Waals surface area contributed by atoms with Gasteiger partial charge in [0.15, 0.2) is 0 Å². The molecule has 2 aromatic carbocycles. The predicted molar refractivity (Wildman–Crippen MR) is 83.6 cm³/mol. The van der Waals surface area contributed by atoms with Crippen molar-refractivity contribution in [3.05, 3.63) is 63.4 Å². The highest BCUT2D eigenvalue weighted by atomic mass is 35.5. The molecule has 0 fully saturated rings. The van der Waals surface area contributed by atoms with Gasteiger partial charge < -0.3 is 10.6 Å². The van der Waals surface area contributed by atoms with Gasteiger partial charge in [-0.25, -0.2) is 4.39 Å². The van der Waals surface area contributed by atoms with Crippen LogP contribution in [0.2, 0.25) is 10.0 Å². The zero-order chi connectivity index (χ0) is 15.4. The highest BCUT2D eigenvalue weighted by Gasteiger charge is 2.09. The highest BCUT2D eigenvalue weighted by Crippen LogP contribution is 2.22. The van der Waals surface area contributed by atoms with Gasteiger partial charge in [0.1, 0.15) is 5.82 Å². The third-order valence-electron chi connectivity index (χ3n) is 2.94. The number of halogens is 3. The van der Waals surface area contributed by atoms with Gasteiger partial charge in [-0.05, 0) is 35.9 Å². The molecule has 0 spiro atoms. The molecule has 2 N–H and O–H groups in total. The molecule has 0 saturated carbocycles. The first kappa shape index (κ1) is 15.6. The maximum Gasteiger partial charge on any atom is 0.252 e. The van der Waals surface area contributed by atoms with Crippen LogP contribution in [0.3, 0.4) is 0 Å². The number of carbonyl (C=O) groups excluding carboxylic acids is 1. The fraction of sp³-hybridized carbons (Fsp3) is 0.133. The summed E-state index contributed by atoms with van der Waals surface area (Å²) in [6, 6.07) is 9.27. The van der Waals surface area contributed by atoms with Crippen molar-refractivity contribution in [1.82, 2.24) is 5.32 Å². The monoisotopic (exact) mass is 326 g/mol. The summed E-state index contributed by atoms with van der Waals surface area (Å²) >= 11 is 11.9. The molecule has 21 heavy (non-hydrogen) atoms. The Morgan fingerprint density at radius 2 is 1.90 bits per heavy atom. The van der Waals surface area contributed by atoms with Gasteiger partial charge in [-0.1, -0.05) is 29.3 Å². The molecule has 2 rings (SSSR count). The summed E-state index contributed by atoms with van der Waals surface area (Å²) in [7, 11) is 1.54. The highest BCUT2D eigenvalue weighted by molar-refractivity contribution is 6.34. The normalized spacial score (nSPS) is 10.3. The molecular weight excluding hydrogens is 314 g/mol. The Hall–Kier alpha value is -1.78. The Bertz CT molecular complexity index is 677. The van der Waals surface area contributed by atoms with Gasteiger partial charge in [0.05, 0.1) is 10.6 Å². The number of amides is 1. The van der Waals surface area contributed by atoms with E-state index >= 15 is 0 Å². The number of hydrogen-bond donors (Lipinski definition) is 2. The van der Waals surface area contributed by atoms with Gasteiger partial charge in [-0.15, -0.1) is 0 Å². The lowest BCUT2D eigenvalue weighted by atomic mass is 10.1. The van der Waals surface area contributed by atoms with Gasteiger partial charge in [0, 0.05) is 24.3 Å². The van der Waals surface area contributed by atoms with E-state index in [1.165, 1.54) is 19.2 Å². The zero-order valence-electron chi connectivity index (χ0n) is 11.2. The van der Waals surface area contributed by atoms with Crippen molar-refractivity contribution in [1.29, 1.82) is 0 Å². The number of nitrogens with one attached hydrogen (secondary N) is 2. The first-order valence-corrected chi connectivity index (χ1v) is 6.96. The molecule has 0 aliphatic heterocycles. The molecule has 0 saturated heterocycles. The molecule has 0 heterocycles. The maximum absolute atomic E-state index is 13.0. The van der Waals surface area contributed by atoms with E-state index in [-0.39, 0.29) is 11.7 Å². The SMILES string of the molecule is CNC(=O)c1cc(NCc2ccc(F)cc2Cl)ccc1Cl. The Morgan fingerprint density at radius 3 is 2.57 bits per heavy atom. The van der Waals surface area contributed by atoms with Gasteiger partial charge in [-0.2, -0.15) is 0 Å². The van der Waals surface area contributed by atoms with Crippen LogP contribution in [0.5, 0.6) is 0 Å². The maximum atomic E-state index is 13.0.